The second-order valence-electron chi connectivity index (χ2n) is 7.69. The molecule has 0 N–H and O–H groups in total. The molecule has 0 saturated heterocycles. The van der Waals surface area contributed by atoms with Gasteiger partial charge in [-0.15, -0.1) is 10.2 Å². The van der Waals surface area contributed by atoms with Crippen molar-refractivity contribution in [2.75, 3.05) is 14.1 Å². The van der Waals surface area contributed by atoms with Crippen molar-refractivity contribution in [2.24, 2.45) is 0 Å². The number of fused-ring (bicyclic) bond motifs is 1. The summed E-state index contributed by atoms with van der Waals surface area (Å²) in [4.78, 5) is 9.09. The van der Waals surface area contributed by atoms with Crippen LogP contribution >= 0.6 is 11.8 Å². The topological polar surface area (TPSA) is 98.8 Å². The number of hydrogen-bond donors (Lipinski definition) is 0. The van der Waals surface area contributed by atoms with Gasteiger partial charge in [-0.1, -0.05) is 18.7 Å². The largest absolute Gasteiger partial charge is 0.328 e. The lowest BCUT2D eigenvalue weighted by molar-refractivity contribution is 0.521. The molecule has 4 rings (SSSR count). The monoisotopic (exact) mass is 485 g/mol. The van der Waals surface area contributed by atoms with E-state index in [1.165, 1.54) is 18.4 Å². The average Bonchev–Trinajstić information content (AvgIpc) is 3.38. The molecule has 4 aromatic rings. The first-order chi connectivity index (χ1) is 15.9. The van der Waals surface area contributed by atoms with Crippen LogP contribution in [0.4, 0.5) is 0 Å². The third kappa shape index (κ3) is 4.53. The number of rotatable bonds is 9. The fraction of sp³-hybridized carbons (Fsp3) is 0.364. The number of pyridine rings is 1. The molecule has 174 valence electrons. The van der Waals surface area contributed by atoms with E-state index in [1.54, 1.807) is 36.3 Å². The van der Waals surface area contributed by atoms with E-state index in [2.05, 4.69) is 38.2 Å². The first-order valence-corrected chi connectivity index (χ1v) is 13.2. The van der Waals surface area contributed by atoms with Gasteiger partial charge in [0.15, 0.2) is 11.0 Å². The summed E-state index contributed by atoms with van der Waals surface area (Å²) < 4.78 is 30.5. The van der Waals surface area contributed by atoms with Crippen molar-refractivity contribution in [3.8, 4) is 11.4 Å². The summed E-state index contributed by atoms with van der Waals surface area (Å²) in [6, 6.07) is 8.98. The molecule has 0 fully saturated rings. The van der Waals surface area contributed by atoms with Crippen molar-refractivity contribution in [1.82, 2.24) is 33.6 Å². The van der Waals surface area contributed by atoms with Gasteiger partial charge in [-0.05, 0) is 43.7 Å². The van der Waals surface area contributed by atoms with E-state index < -0.39 is 10.0 Å². The molecule has 3 aromatic heterocycles. The quantitative estimate of drug-likeness (QED) is 0.334. The number of aromatic nitrogens is 6. The molecule has 3 heterocycles. The number of hydrogen-bond acceptors (Lipinski definition) is 7. The molecule has 0 amide bonds. The molecule has 33 heavy (non-hydrogen) atoms. The van der Waals surface area contributed by atoms with E-state index in [0.717, 1.165) is 47.4 Å². The van der Waals surface area contributed by atoms with Gasteiger partial charge < -0.3 is 9.13 Å². The molecule has 0 aliphatic heterocycles. The minimum absolute atomic E-state index is 0.240. The van der Waals surface area contributed by atoms with Gasteiger partial charge in [0.2, 0.25) is 10.0 Å². The highest BCUT2D eigenvalue weighted by Crippen LogP contribution is 2.29. The first-order valence-electron chi connectivity index (χ1n) is 10.7. The smallest absolute Gasteiger partial charge is 0.242 e. The molecule has 0 radical (unpaired) electrons. The highest BCUT2D eigenvalue weighted by Gasteiger charge is 2.20. The van der Waals surface area contributed by atoms with E-state index in [1.807, 2.05) is 18.2 Å². The van der Waals surface area contributed by atoms with E-state index in [0.29, 0.717) is 11.3 Å². The van der Waals surface area contributed by atoms with Crippen LogP contribution in [0.2, 0.25) is 0 Å². The minimum Gasteiger partial charge on any atom is -0.328 e. The lowest BCUT2D eigenvalue weighted by atomic mass is 10.2. The van der Waals surface area contributed by atoms with Crippen LogP contribution in [-0.2, 0) is 28.9 Å². The van der Waals surface area contributed by atoms with Crippen molar-refractivity contribution < 1.29 is 8.42 Å². The maximum Gasteiger partial charge on any atom is 0.242 e. The summed E-state index contributed by atoms with van der Waals surface area (Å²) in [5, 5.41) is 9.69. The Kier molecular flexibility index (Phi) is 6.82. The first kappa shape index (κ1) is 23.4. The van der Waals surface area contributed by atoms with Crippen LogP contribution in [0.15, 0.2) is 52.8 Å². The van der Waals surface area contributed by atoms with Crippen LogP contribution in [0.25, 0.3) is 22.4 Å². The average molecular weight is 486 g/mol. The molecule has 0 spiro atoms. The van der Waals surface area contributed by atoms with Gasteiger partial charge in [-0.25, -0.2) is 17.7 Å². The molecule has 0 bridgehead atoms. The molecule has 9 nitrogen and oxygen atoms in total. The Morgan fingerprint density at radius 1 is 1.03 bits per heavy atom. The number of aryl methyl sites for hydroxylation is 1. The van der Waals surface area contributed by atoms with Crippen LogP contribution in [0.1, 0.15) is 26.1 Å². The summed E-state index contributed by atoms with van der Waals surface area (Å²) in [6.07, 6.45) is 4.46. The molecule has 1 aromatic carbocycles. The summed E-state index contributed by atoms with van der Waals surface area (Å²) in [5.41, 5.74) is 2.56. The van der Waals surface area contributed by atoms with Gasteiger partial charge in [-0.3, -0.25) is 4.98 Å². The van der Waals surface area contributed by atoms with Gasteiger partial charge >= 0.3 is 0 Å². The third-order valence-corrected chi connectivity index (χ3v) is 8.10. The number of nitrogens with zero attached hydrogens (tertiary/aromatic N) is 7. The number of imidazole rings is 1. The van der Waals surface area contributed by atoms with E-state index in [-0.39, 0.29) is 4.90 Å². The Hall–Kier alpha value is -2.76. The second-order valence-corrected chi connectivity index (χ2v) is 10.8. The number of thioether (sulfide) groups is 1. The molecule has 0 aliphatic rings. The standard InChI is InChI=1S/C22H27N7O2S2/c1-5-13-29-21(16-9-11-23-12-10-16)25-26-22(29)32-15-20-24-18-14-17(33(30,31)27(3)4)7-8-19(18)28(20)6-2/h7-12,14H,5-6,13,15H2,1-4H3. The molecular weight excluding hydrogens is 458 g/mol. The maximum absolute atomic E-state index is 12.5. The SMILES string of the molecule is CCCn1c(SCc2nc3cc(S(=O)(=O)N(C)C)ccc3n2CC)nnc1-c1ccncc1. The molecular formula is C22H27N7O2S2. The highest BCUT2D eigenvalue weighted by atomic mass is 32.2. The summed E-state index contributed by atoms with van der Waals surface area (Å²) in [7, 11) is -0.463. The van der Waals surface area contributed by atoms with E-state index in [4.69, 9.17) is 4.98 Å². The fourth-order valence-electron chi connectivity index (χ4n) is 3.66. The van der Waals surface area contributed by atoms with E-state index in [9.17, 15) is 8.42 Å². The normalized spacial score (nSPS) is 12.2. The van der Waals surface area contributed by atoms with Crippen molar-refractivity contribution in [3.05, 3.63) is 48.5 Å². The summed E-state index contributed by atoms with van der Waals surface area (Å²) in [5.74, 6) is 2.29. The van der Waals surface area contributed by atoms with Crippen LogP contribution in [-0.4, -0.2) is 56.1 Å². The predicted molar refractivity (Wildman–Crippen MR) is 129 cm³/mol. The zero-order chi connectivity index (χ0) is 23.6. The lowest BCUT2D eigenvalue weighted by Crippen LogP contribution is -2.22. The molecule has 0 unspecified atom stereocenters. The summed E-state index contributed by atoms with van der Waals surface area (Å²) >= 11 is 1.58. The zero-order valence-corrected chi connectivity index (χ0v) is 20.8. The predicted octanol–water partition coefficient (Wildman–Crippen LogP) is 3.66. The van der Waals surface area contributed by atoms with Crippen LogP contribution < -0.4 is 0 Å². The molecule has 0 saturated carbocycles. The maximum atomic E-state index is 12.5. The van der Waals surface area contributed by atoms with E-state index >= 15 is 0 Å². The number of sulfonamides is 1. The Balaban J connectivity index is 1.65. The third-order valence-electron chi connectivity index (χ3n) is 5.33. The van der Waals surface area contributed by atoms with Gasteiger partial charge in [-0.2, -0.15) is 0 Å². The Bertz CT molecular complexity index is 1360. The Morgan fingerprint density at radius 2 is 1.79 bits per heavy atom. The highest BCUT2D eigenvalue weighted by molar-refractivity contribution is 7.98. The van der Waals surface area contributed by atoms with Crippen LogP contribution in [0.3, 0.4) is 0 Å². The number of benzene rings is 1. The Labute approximate surface area is 197 Å². The Morgan fingerprint density at radius 3 is 2.45 bits per heavy atom. The zero-order valence-electron chi connectivity index (χ0n) is 19.1. The van der Waals surface area contributed by atoms with Crippen LogP contribution in [0.5, 0.6) is 0 Å². The van der Waals surface area contributed by atoms with Gasteiger partial charge in [0.1, 0.15) is 5.82 Å². The van der Waals surface area contributed by atoms with Crippen LogP contribution in [0, 0.1) is 0 Å². The second kappa shape index (κ2) is 9.62. The molecule has 0 atom stereocenters. The van der Waals surface area contributed by atoms with Gasteiger partial charge in [0.25, 0.3) is 0 Å². The van der Waals surface area contributed by atoms with Crippen molar-refractivity contribution in [3.63, 3.8) is 0 Å². The minimum atomic E-state index is -3.52. The summed E-state index contributed by atoms with van der Waals surface area (Å²) in [6.45, 7) is 5.72. The van der Waals surface area contributed by atoms with Crippen molar-refractivity contribution in [1.29, 1.82) is 0 Å². The van der Waals surface area contributed by atoms with Crippen molar-refractivity contribution >= 4 is 32.8 Å². The fourth-order valence-corrected chi connectivity index (χ4v) is 5.49. The van der Waals surface area contributed by atoms with Crippen molar-refractivity contribution in [2.45, 2.75) is 49.2 Å². The molecule has 11 heteroatoms. The van der Waals surface area contributed by atoms with Gasteiger partial charge in [0, 0.05) is 45.1 Å². The lowest BCUT2D eigenvalue weighted by Gasteiger charge is -2.11. The molecule has 0 aliphatic carbocycles. The van der Waals surface area contributed by atoms with Gasteiger partial charge in [0.05, 0.1) is 21.7 Å².